The van der Waals surface area contributed by atoms with E-state index >= 15 is 0 Å². The van der Waals surface area contributed by atoms with E-state index in [1.165, 1.54) is 18.3 Å². The highest BCUT2D eigenvalue weighted by molar-refractivity contribution is 7.12. The Balaban J connectivity index is 1.52. The van der Waals surface area contributed by atoms with Crippen LogP contribution in [0.4, 0.5) is 11.4 Å². The molecular formula is C21H18N2O4S. The van der Waals surface area contributed by atoms with Crippen molar-refractivity contribution >= 4 is 40.5 Å². The van der Waals surface area contributed by atoms with Gasteiger partial charge in [0.1, 0.15) is 5.75 Å². The fourth-order valence-corrected chi connectivity index (χ4v) is 3.07. The van der Waals surface area contributed by atoms with E-state index in [-0.39, 0.29) is 18.2 Å². The molecule has 3 rings (SSSR count). The number of hydrogen-bond acceptors (Lipinski definition) is 5. The molecule has 0 fully saturated rings. The number of benzene rings is 2. The molecule has 7 heteroatoms. The molecule has 0 saturated heterocycles. The third kappa shape index (κ3) is 5.52. The number of esters is 1. The van der Waals surface area contributed by atoms with Crippen molar-refractivity contribution in [1.82, 2.24) is 0 Å². The van der Waals surface area contributed by atoms with Gasteiger partial charge >= 0.3 is 5.97 Å². The number of thiophene rings is 1. The van der Waals surface area contributed by atoms with E-state index in [1.54, 1.807) is 54.6 Å². The third-order valence-electron chi connectivity index (χ3n) is 3.71. The summed E-state index contributed by atoms with van der Waals surface area (Å²) < 4.78 is 5.33. The molecule has 3 aromatic rings. The van der Waals surface area contributed by atoms with Gasteiger partial charge < -0.3 is 15.4 Å². The summed E-state index contributed by atoms with van der Waals surface area (Å²) in [4.78, 5) is 35.8. The van der Waals surface area contributed by atoms with Crippen LogP contribution in [0.1, 0.15) is 22.2 Å². The van der Waals surface area contributed by atoms with Gasteiger partial charge in [-0.15, -0.1) is 11.3 Å². The minimum Gasteiger partial charge on any atom is -0.426 e. The first kappa shape index (κ1) is 19.3. The molecule has 0 aliphatic carbocycles. The molecule has 28 heavy (non-hydrogen) atoms. The van der Waals surface area contributed by atoms with E-state index in [1.807, 2.05) is 11.4 Å². The van der Waals surface area contributed by atoms with Gasteiger partial charge in [-0.25, -0.2) is 0 Å². The van der Waals surface area contributed by atoms with E-state index in [4.69, 9.17) is 4.74 Å². The molecule has 0 saturated carbocycles. The van der Waals surface area contributed by atoms with Crippen LogP contribution in [0.3, 0.4) is 0 Å². The highest BCUT2D eigenvalue weighted by Crippen LogP contribution is 2.18. The van der Waals surface area contributed by atoms with E-state index in [2.05, 4.69) is 10.6 Å². The highest BCUT2D eigenvalue weighted by Gasteiger charge is 2.09. The van der Waals surface area contributed by atoms with Crippen LogP contribution in [0.2, 0.25) is 0 Å². The zero-order chi connectivity index (χ0) is 19.9. The summed E-state index contributed by atoms with van der Waals surface area (Å²) in [5.41, 5.74) is 2.07. The first-order chi connectivity index (χ1) is 13.5. The van der Waals surface area contributed by atoms with Crippen LogP contribution < -0.4 is 15.4 Å². The van der Waals surface area contributed by atoms with Gasteiger partial charge in [-0.05, 0) is 53.4 Å². The van der Waals surface area contributed by atoms with Gasteiger partial charge in [0.05, 0.1) is 11.3 Å². The lowest BCUT2D eigenvalue weighted by atomic mass is 10.1. The van der Waals surface area contributed by atoms with Crippen molar-refractivity contribution in [3.05, 3.63) is 76.5 Å². The summed E-state index contributed by atoms with van der Waals surface area (Å²) in [6.45, 7) is 1.43. The lowest BCUT2D eigenvalue weighted by Crippen LogP contribution is -2.12. The molecule has 6 nitrogen and oxygen atoms in total. The second kappa shape index (κ2) is 8.96. The van der Waals surface area contributed by atoms with Crippen molar-refractivity contribution in [1.29, 1.82) is 0 Å². The molecule has 0 radical (unpaired) electrons. The SMILES string of the molecule is CC(=O)Nc1ccc(CC(=O)Oc2ccc(NC(=O)c3cccs3)cc2)cc1. The maximum absolute atomic E-state index is 12.1. The van der Waals surface area contributed by atoms with Crippen molar-refractivity contribution in [2.24, 2.45) is 0 Å². The highest BCUT2D eigenvalue weighted by atomic mass is 32.1. The Labute approximate surface area is 166 Å². The average molecular weight is 394 g/mol. The summed E-state index contributed by atoms with van der Waals surface area (Å²) in [7, 11) is 0. The van der Waals surface area contributed by atoms with Crippen LogP contribution in [-0.4, -0.2) is 17.8 Å². The lowest BCUT2D eigenvalue weighted by Gasteiger charge is -2.07. The average Bonchev–Trinajstić information content (AvgIpc) is 3.19. The zero-order valence-electron chi connectivity index (χ0n) is 15.1. The van der Waals surface area contributed by atoms with Gasteiger partial charge in [0, 0.05) is 18.3 Å². The third-order valence-corrected chi connectivity index (χ3v) is 4.58. The van der Waals surface area contributed by atoms with Crippen molar-refractivity contribution in [3.63, 3.8) is 0 Å². The smallest absolute Gasteiger partial charge is 0.315 e. The Hall–Kier alpha value is -3.45. The molecule has 2 N–H and O–H groups in total. The minimum absolute atomic E-state index is 0.108. The van der Waals surface area contributed by atoms with Crippen molar-refractivity contribution in [3.8, 4) is 5.75 Å². The molecule has 1 heterocycles. The number of anilines is 2. The largest absolute Gasteiger partial charge is 0.426 e. The zero-order valence-corrected chi connectivity index (χ0v) is 15.9. The topological polar surface area (TPSA) is 84.5 Å². The van der Waals surface area contributed by atoms with Gasteiger partial charge in [0.25, 0.3) is 5.91 Å². The standard InChI is InChI=1S/C21H18N2O4S/c1-14(24)22-16-6-4-15(5-7-16)13-20(25)27-18-10-8-17(9-11-18)23-21(26)19-3-2-12-28-19/h2-12H,13H2,1H3,(H,22,24)(H,23,26). The van der Waals surface area contributed by atoms with Crippen molar-refractivity contribution in [2.75, 3.05) is 10.6 Å². The molecule has 142 valence electrons. The van der Waals surface area contributed by atoms with Gasteiger partial charge in [-0.1, -0.05) is 18.2 Å². The van der Waals surface area contributed by atoms with E-state index in [9.17, 15) is 14.4 Å². The molecule has 0 atom stereocenters. The number of carbonyl (C=O) groups is 3. The summed E-state index contributed by atoms with van der Waals surface area (Å²) in [5, 5.41) is 7.29. The van der Waals surface area contributed by atoms with Crippen LogP contribution in [-0.2, 0) is 16.0 Å². The monoisotopic (exact) mass is 394 g/mol. The molecule has 1 aromatic heterocycles. The Bertz CT molecular complexity index is 965. The Morgan fingerprint density at radius 1 is 0.893 bits per heavy atom. The maximum Gasteiger partial charge on any atom is 0.315 e. The normalized spacial score (nSPS) is 10.2. The second-order valence-electron chi connectivity index (χ2n) is 5.98. The Morgan fingerprint density at radius 3 is 2.14 bits per heavy atom. The van der Waals surface area contributed by atoms with Crippen LogP contribution in [0.5, 0.6) is 5.75 Å². The minimum atomic E-state index is -0.400. The van der Waals surface area contributed by atoms with Gasteiger partial charge in [-0.2, -0.15) is 0 Å². The Kier molecular flexibility index (Phi) is 6.18. The summed E-state index contributed by atoms with van der Waals surface area (Å²) in [5.74, 6) is -0.332. The number of nitrogens with one attached hydrogen (secondary N) is 2. The van der Waals surface area contributed by atoms with E-state index < -0.39 is 5.97 Å². The summed E-state index contributed by atoms with van der Waals surface area (Å²) >= 11 is 1.36. The number of rotatable bonds is 6. The van der Waals surface area contributed by atoms with Crippen LogP contribution in [0, 0.1) is 0 Å². The van der Waals surface area contributed by atoms with Crippen molar-refractivity contribution in [2.45, 2.75) is 13.3 Å². The van der Waals surface area contributed by atoms with Crippen LogP contribution >= 0.6 is 11.3 Å². The number of ether oxygens (including phenoxy) is 1. The second-order valence-corrected chi connectivity index (χ2v) is 6.93. The number of hydrogen-bond donors (Lipinski definition) is 2. The number of carbonyl (C=O) groups excluding carboxylic acids is 3. The molecule has 2 aromatic carbocycles. The van der Waals surface area contributed by atoms with E-state index in [0.717, 1.165) is 5.56 Å². The van der Waals surface area contributed by atoms with Crippen molar-refractivity contribution < 1.29 is 19.1 Å². The molecule has 0 unspecified atom stereocenters. The fourth-order valence-electron chi connectivity index (χ4n) is 2.45. The summed E-state index contributed by atoms with van der Waals surface area (Å²) in [6, 6.07) is 17.2. The maximum atomic E-state index is 12.1. The van der Waals surface area contributed by atoms with E-state index in [0.29, 0.717) is 22.0 Å². The lowest BCUT2D eigenvalue weighted by molar-refractivity contribution is -0.133. The predicted molar refractivity (Wildman–Crippen MR) is 109 cm³/mol. The fraction of sp³-hybridized carbons (Fsp3) is 0.0952. The van der Waals surface area contributed by atoms with Crippen LogP contribution in [0.15, 0.2) is 66.0 Å². The molecule has 2 amide bonds. The number of amides is 2. The van der Waals surface area contributed by atoms with Gasteiger partial charge in [0.15, 0.2) is 0 Å². The quantitative estimate of drug-likeness (QED) is 0.487. The van der Waals surface area contributed by atoms with Gasteiger partial charge in [-0.3, -0.25) is 14.4 Å². The Morgan fingerprint density at radius 2 is 1.54 bits per heavy atom. The predicted octanol–water partition coefficient (Wildman–Crippen LogP) is 4.11. The van der Waals surface area contributed by atoms with Crippen LogP contribution in [0.25, 0.3) is 0 Å². The molecular weight excluding hydrogens is 376 g/mol. The molecule has 0 bridgehead atoms. The molecule has 0 spiro atoms. The van der Waals surface area contributed by atoms with Gasteiger partial charge in [0.2, 0.25) is 5.91 Å². The molecule has 0 aliphatic rings. The summed E-state index contributed by atoms with van der Waals surface area (Å²) in [6.07, 6.45) is 0.108. The first-order valence-electron chi connectivity index (χ1n) is 8.52. The first-order valence-corrected chi connectivity index (χ1v) is 9.40. The molecule has 0 aliphatic heterocycles.